The Balaban J connectivity index is 0.948. The van der Waals surface area contributed by atoms with Gasteiger partial charge >= 0.3 is 0 Å². The van der Waals surface area contributed by atoms with Crippen molar-refractivity contribution in [2.45, 2.75) is 50.9 Å². The average Bonchev–Trinajstić information content (AvgIpc) is 3.65. The van der Waals surface area contributed by atoms with Crippen LogP contribution in [0, 0.1) is 0 Å². The largest absolute Gasteiger partial charge is 0.311 e. The Bertz CT molecular complexity index is 2780. The van der Waals surface area contributed by atoms with Crippen LogP contribution >= 0.6 is 0 Å². The van der Waals surface area contributed by atoms with Gasteiger partial charge < -0.3 is 14.4 Å². The van der Waals surface area contributed by atoms with Gasteiger partial charge in [-0.15, -0.1) is 0 Å². The molecule has 1 heterocycles. The Hall–Kier alpha value is -6.84. The van der Waals surface area contributed by atoms with E-state index in [-0.39, 0.29) is 5.92 Å². The number of fused-ring (bicyclic) bond motifs is 3. The van der Waals surface area contributed by atoms with Gasteiger partial charge in [-0.2, -0.15) is 0 Å². The molecule has 1 saturated carbocycles. The normalized spacial score (nSPS) is 13.7. The minimum Gasteiger partial charge on any atom is -0.311 e. The second kappa shape index (κ2) is 16.2. The molecule has 1 fully saturated rings. The van der Waals surface area contributed by atoms with Crippen LogP contribution in [0.1, 0.15) is 67.6 Å². The van der Waals surface area contributed by atoms with Crippen molar-refractivity contribution in [3.8, 4) is 5.69 Å². The molecule has 8 aromatic carbocycles. The van der Waals surface area contributed by atoms with Gasteiger partial charge in [0.15, 0.2) is 0 Å². The molecule has 1 aromatic heterocycles. The standard InChI is InChI=1S/C56H49N3/c1-41(42-26-32-49(33-27-42)57(46-18-8-3-9-19-46)50-36-30-45(31-37-50)44-16-6-2-7-17-44)43-28-34-51(35-29-43)58(47-20-10-4-11-21-47)52-38-39-56-54(40-52)53-24-14-15-25-55(53)59(56)48-22-12-5-13-23-48/h3-5,8-15,18-41,44H,2,6-7,16-17H2,1H3. The number of hydrogen-bond acceptors (Lipinski definition) is 2. The summed E-state index contributed by atoms with van der Waals surface area (Å²) in [7, 11) is 0. The number of nitrogens with zero attached hydrogens (tertiary/aromatic N) is 3. The van der Waals surface area contributed by atoms with Gasteiger partial charge in [-0.3, -0.25) is 0 Å². The van der Waals surface area contributed by atoms with Gasteiger partial charge in [0.2, 0.25) is 0 Å². The van der Waals surface area contributed by atoms with Crippen LogP contribution in [-0.2, 0) is 0 Å². The second-order valence-corrected chi connectivity index (χ2v) is 16.1. The van der Waals surface area contributed by atoms with Gasteiger partial charge in [-0.1, -0.05) is 135 Å². The number of benzene rings is 8. The van der Waals surface area contributed by atoms with Crippen LogP contribution < -0.4 is 9.80 Å². The first-order chi connectivity index (χ1) is 29.2. The van der Waals surface area contributed by atoms with Crippen molar-refractivity contribution in [2.24, 2.45) is 0 Å². The molecule has 3 heteroatoms. The first kappa shape index (κ1) is 36.5. The zero-order valence-electron chi connectivity index (χ0n) is 33.7. The van der Waals surface area contributed by atoms with Crippen molar-refractivity contribution in [2.75, 3.05) is 9.80 Å². The summed E-state index contributed by atoms with van der Waals surface area (Å²) in [4.78, 5) is 4.75. The van der Waals surface area contributed by atoms with E-state index in [1.807, 2.05) is 0 Å². The van der Waals surface area contributed by atoms with Gasteiger partial charge in [0.25, 0.3) is 0 Å². The molecule has 0 bridgehead atoms. The van der Waals surface area contributed by atoms with E-state index in [1.54, 1.807) is 0 Å². The molecule has 0 saturated heterocycles. The third kappa shape index (κ3) is 7.19. The molecule has 0 spiro atoms. The van der Waals surface area contributed by atoms with E-state index in [4.69, 9.17) is 0 Å². The minimum absolute atomic E-state index is 0.226. The fourth-order valence-electron chi connectivity index (χ4n) is 9.35. The van der Waals surface area contributed by atoms with Crippen LogP contribution in [0.25, 0.3) is 27.5 Å². The minimum atomic E-state index is 0.226. The van der Waals surface area contributed by atoms with Crippen molar-refractivity contribution in [3.05, 3.63) is 223 Å². The van der Waals surface area contributed by atoms with Gasteiger partial charge in [0.05, 0.1) is 11.0 Å². The van der Waals surface area contributed by atoms with E-state index in [0.717, 1.165) is 22.7 Å². The summed E-state index contributed by atoms with van der Waals surface area (Å²) in [6.45, 7) is 2.31. The molecular weight excluding hydrogens is 715 g/mol. The number of anilines is 6. The van der Waals surface area contributed by atoms with Crippen LogP contribution in [-0.4, -0.2) is 4.57 Å². The molecule has 9 aromatic rings. The molecule has 0 aliphatic heterocycles. The summed E-state index contributed by atoms with van der Waals surface area (Å²) in [6, 6.07) is 75.4. The zero-order valence-corrected chi connectivity index (χ0v) is 33.7. The van der Waals surface area contributed by atoms with Gasteiger partial charge in [0.1, 0.15) is 0 Å². The van der Waals surface area contributed by atoms with Crippen LogP contribution in [0.5, 0.6) is 0 Å². The third-order valence-corrected chi connectivity index (χ3v) is 12.5. The van der Waals surface area contributed by atoms with E-state index in [9.17, 15) is 0 Å². The summed E-state index contributed by atoms with van der Waals surface area (Å²) in [5.74, 6) is 0.923. The first-order valence-electron chi connectivity index (χ1n) is 21.3. The van der Waals surface area contributed by atoms with Crippen LogP contribution in [0.2, 0.25) is 0 Å². The van der Waals surface area contributed by atoms with Gasteiger partial charge in [-0.25, -0.2) is 0 Å². The van der Waals surface area contributed by atoms with E-state index < -0.39 is 0 Å². The highest BCUT2D eigenvalue weighted by molar-refractivity contribution is 6.10. The van der Waals surface area contributed by atoms with E-state index in [0.29, 0.717) is 5.92 Å². The number of hydrogen-bond donors (Lipinski definition) is 0. The molecule has 1 aliphatic carbocycles. The second-order valence-electron chi connectivity index (χ2n) is 16.1. The van der Waals surface area contributed by atoms with E-state index in [2.05, 4.69) is 228 Å². The molecule has 3 nitrogen and oxygen atoms in total. The topological polar surface area (TPSA) is 11.4 Å². The maximum Gasteiger partial charge on any atom is 0.0542 e. The summed E-state index contributed by atoms with van der Waals surface area (Å²) in [6.07, 6.45) is 6.71. The Kier molecular flexibility index (Phi) is 10.0. The molecule has 1 aliphatic rings. The predicted octanol–water partition coefficient (Wildman–Crippen LogP) is 15.9. The maximum atomic E-state index is 2.38. The zero-order chi connectivity index (χ0) is 39.5. The van der Waals surface area contributed by atoms with Crippen LogP contribution in [0.4, 0.5) is 34.1 Å². The quantitative estimate of drug-likeness (QED) is 0.137. The summed E-state index contributed by atoms with van der Waals surface area (Å²) < 4.78 is 2.37. The summed E-state index contributed by atoms with van der Waals surface area (Å²) in [5, 5.41) is 2.48. The maximum absolute atomic E-state index is 2.38. The number of para-hydroxylation sites is 4. The Morgan fingerprint density at radius 1 is 0.407 bits per heavy atom. The van der Waals surface area contributed by atoms with Crippen LogP contribution in [0.15, 0.2) is 206 Å². The van der Waals surface area contributed by atoms with Gasteiger partial charge in [-0.05, 0) is 133 Å². The summed E-state index contributed by atoms with van der Waals surface area (Å²) in [5.41, 5.74) is 14.5. The molecule has 1 unspecified atom stereocenters. The third-order valence-electron chi connectivity index (χ3n) is 12.5. The lowest BCUT2D eigenvalue weighted by molar-refractivity contribution is 0.443. The number of aromatic nitrogens is 1. The fraction of sp³-hybridized carbons (Fsp3) is 0.143. The van der Waals surface area contributed by atoms with Crippen molar-refractivity contribution >= 4 is 55.9 Å². The van der Waals surface area contributed by atoms with E-state index in [1.165, 1.54) is 87.7 Å². The lowest BCUT2D eigenvalue weighted by Crippen LogP contribution is -2.11. The van der Waals surface area contributed by atoms with Crippen molar-refractivity contribution in [1.29, 1.82) is 0 Å². The number of rotatable bonds is 10. The fourth-order valence-corrected chi connectivity index (χ4v) is 9.35. The average molecular weight is 764 g/mol. The highest BCUT2D eigenvalue weighted by Gasteiger charge is 2.20. The molecule has 0 N–H and O–H groups in total. The van der Waals surface area contributed by atoms with Crippen LogP contribution in [0.3, 0.4) is 0 Å². The molecule has 1 atom stereocenters. The lowest BCUT2D eigenvalue weighted by atomic mass is 9.84. The molecule has 0 amide bonds. The molecular formula is C56H49N3. The smallest absolute Gasteiger partial charge is 0.0542 e. The predicted molar refractivity (Wildman–Crippen MR) is 250 cm³/mol. The van der Waals surface area contributed by atoms with Crippen molar-refractivity contribution < 1.29 is 0 Å². The monoisotopic (exact) mass is 763 g/mol. The summed E-state index contributed by atoms with van der Waals surface area (Å²) >= 11 is 0. The van der Waals surface area contributed by atoms with Gasteiger partial charge in [0, 0.05) is 56.5 Å². The Morgan fingerprint density at radius 2 is 0.847 bits per heavy atom. The van der Waals surface area contributed by atoms with Crippen molar-refractivity contribution in [1.82, 2.24) is 4.57 Å². The van der Waals surface area contributed by atoms with E-state index >= 15 is 0 Å². The Labute approximate surface area is 348 Å². The lowest BCUT2D eigenvalue weighted by Gasteiger charge is -2.27. The SMILES string of the molecule is CC(c1ccc(N(c2ccccc2)c2ccc(C3CCCCC3)cc2)cc1)c1ccc(N(c2ccccc2)c2ccc3c(c2)c2ccccc2n3-c2ccccc2)cc1. The Morgan fingerprint density at radius 3 is 1.42 bits per heavy atom. The molecule has 288 valence electrons. The first-order valence-corrected chi connectivity index (χ1v) is 21.3. The highest BCUT2D eigenvalue weighted by atomic mass is 15.1. The molecule has 0 radical (unpaired) electrons. The highest BCUT2D eigenvalue weighted by Crippen LogP contribution is 2.42. The molecule has 10 rings (SSSR count). The molecule has 59 heavy (non-hydrogen) atoms. The van der Waals surface area contributed by atoms with Crippen molar-refractivity contribution in [3.63, 3.8) is 0 Å².